The summed E-state index contributed by atoms with van der Waals surface area (Å²) in [5.74, 6) is 0. The molecule has 19 heavy (non-hydrogen) atoms. The normalized spacial score (nSPS) is 19.5. The van der Waals surface area contributed by atoms with E-state index in [1.807, 2.05) is 5.32 Å². The summed E-state index contributed by atoms with van der Waals surface area (Å²) in [6.07, 6.45) is -2.45. The maximum Gasteiger partial charge on any atom is 0.405 e. The molecule has 0 aromatic rings. The van der Waals surface area contributed by atoms with Gasteiger partial charge in [-0.3, -0.25) is 0 Å². The van der Waals surface area contributed by atoms with Crippen molar-refractivity contribution in [2.24, 2.45) is 0 Å². The summed E-state index contributed by atoms with van der Waals surface area (Å²) in [5.41, 5.74) is 0. The van der Waals surface area contributed by atoms with E-state index in [4.69, 9.17) is 4.74 Å². The highest BCUT2D eigenvalue weighted by Gasteiger charge is 2.29. The van der Waals surface area contributed by atoms with E-state index in [1.54, 1.807) is 0 Å². The fourth-order valence-electron chi connectivity index (χ4n) is 1.94. The summed E-state index contributed by atoms with van der Waals surface area (Å²) in [7, 11) is 1.49. The molecule has 1 saturated heterocycles. The van der Waals surface area contributed by atoms with Gasteiger partial charge in [0.1, 0.15) is 6.54 Å². The van der Waals surface area contributed by atoms with Gasteiger partial charge in [-0.1, -0.05) is 0 Å². The molecule has 0 radical (unpaired) electrons. The van der Waals surface area contributed by atoms with Crippen LogP contribution in [0.15, 0.2) is 0 Å². The molecular formula is C11H20F3N3O2. The molecule has 1 aliphatic heterocycles. The van der Waals surface area contributed by atoms with E-state index in [1.165, 1.54) is 12.0 Å². The molecule has 0 saturated carbocycles. The van der Waals surface area contributed by atoms with Crippen LogP contribution in [0.1, 0.15) is 12.8 Å². The summed E-state index contributed by atoms with van der Waals surface area (Å²) < 4.78 is 41.1. The lowest BCUT2D eigenvalue weighted by Crippen LogP contribution is -2.49. The Labute approximate surface area is 110 Å². The van der Waals surface area contributed by atoms with Crippen LogP contribution in [0.3, 0.4) is 0 Å². The lowest BCUT2D eigenvalue weighted by Gasteiger charge is -2.26. The van der Waals surface area contributed by atoms with Gasteiger partial charge < -0.3 is 20.3 Å². The number of urea groups is 1. The van der Waals surface area contributed by atoms with Gasteiger partial charge in [0.2, 0.25) is 0 Å². The summed E-state index contributed by atoms with van der Waals surface area (Å²) in [6.45, 7) is 0.540. The van der Waals surface area contributed by atoms with Crippen LogP contribution in [-0.2, 0) is 4.74 Å². The molecule has 1 fully saturated rings. The van der Waals surface area contributed by atoms with E-state index in [9.17, 15) is 18.0 Å². The number of nitrogens with one attached hydrogen (secondary N) is 2. The van der Waals surface area contributed by atoms with E-state index in [2.05, 4.69) is 5.32 Å². The van der Waals surface area contributed by atoms with Crippen molar-refractivity contribution in [1.82, 2.24) is 15.5 Å². The Morgan fingerprint density at radius 1 is 1.53 bits per heavy atom. The van der Waals surface area contributed by atoms with Gasteiger partial charge in [-0.25, -0.2) is 4.79 Å². The van der Waals surface area contributed by atoms with E-state index >= 15 is 0 Å². The zero-order valence-corrected chi connectivity index (χ0v) is 10.9. The lowest BCUT2D eigenvalue weighted by atomic mass is 10.2. The molecule has 1 unspecified atom stereocenters. The van der Waals surface area contributed by atoms with Crippen molar-refractivity contribution in [2.75, 3.05) is 39.9 Å². The van der Waals surface area contributed by atoms with E-state index in [0.717, 1.165) is 19.4 Å². The first-order valence-corrected chi connectivity index (χ1v) is 6.24. The first kappa shape index (κ1) is 16.0. The van der Waals surface area contributed by atoms with Crippen LogP contribution in [0.4, 0.5) is 18.0 Å². The van der Waals surface area contributed by atoms with Crippen molar-refractivity contribution in [3.05, 3.63) is 0 Å². The van der Waals surface area contributed by atoms with Crippen LogP contribution in [0.5, 0.6) is 0 Å². The molecule has 0 aliphatic carbocycles. The Morgan fingerprint density at radius 2 is 2.26 bits per heavy atom. The molecule has 1 atom stereocenters. The van der Waals surface area contributed by atoms with Gasteiger partial charge in [0.05, 0.1) is 6.61 Å². The third kappa shape index (κ3) is 6.63. The van der Waals surface area contributed by atoms with Crippen molar-refractivity contribution in [2.45, 2.75) is 25.1 Å². The minimum atomic E-state index is -4.39. The minimum Gasteiger partial charge on any atom is -0.383 e. The standard InChI is InChI=1S/C11H20F3N3O2/c1-19-6-5-17(7-9-3-2-4-15-9)10(18)16-8-11(12,13)14/h9,15H,2-8H2,1H3,(H,16,18). The summed E-state index contributed by atoms with van der Waals surface area (Å²) >= 11 is 0. The Bertz CT molecular complexity index is 281. The molecule has 2 amide bonds. The topological polar surface area (TPSA) is 53.6 Å². The maximum absolute atomic E-state index is 12.1. The number of halogens is 3. The van der Waals surface area contributed by atoms with Crippen LogP contribution < -0.4 is 10.6 Å². The molecule has 0 aromatic heterocycles. The van der Waals surface area contributed by atoms with Crippen LogP contribution in [-0.4, -0.2) is 63.0 Å². The third-order valence-electron chi connectivity index (χ3n) is 2.90. The molecule has 112 valence electrons. The fraction of sp³-hybridized carbons (Fsp3) is 0.909. The second-order valence-corrected chi connectivity index (χ2v) is 4.51. The molecule has 1 heterocycles. The Balaban J connectivity index is 2.43. The van der Waals surface area contributed by atoms with Crippen molar-refractivity contribution < 1.29 is 22.7 Å². The Morgan fingerprint density at radius 3 is 2.79 bits per heavy atom. The smallest absolute Gasteiger partial charge is 0.383 e. The van der Waals surface area contributed by atoms with Gasteiger partial charge in [-0.05, 0) is 19.4 Å². The number of alkyl halides is 3. The van der Waals surface area contributed by atoms with Gasteiger partial charge in [0.25, 0.3) is 0 Å². The molecule has 1 aliphatic rings. The monoisotopic (exact) mass is 283 g/mol. The van der Waals surface area contributed by atoms with Crippen LogP contribution in [0, 0.1) is 0 Å². The van der Waals surface area contributed by atoms with Gasteiger partial charge in [-0.15, -0.1) is 0 Å². The van der Waals surface area contributed by atoms with Crippen LogP contribution >= 0.6 is 0 Å². The van der Waals surface area contributed by atoms with Crippen molar-refractivity contribution in [1.29, 1.82) is 0 Å². The zero-order chi connectivity index (χ0) is 14.3. The number of carbonyl (C=O) groups is 1. The average Bonchev–Trinajstić information content (AvgIpc) is 2.83. The van der Waals surface area contributed by atoms with E-state index in [-0.39, 0.29) is 12.6 Å². The van der Waals surface area contributed by atoms with Gasteiger partial charge >= 0.3 is 12.2 Å². The number of carbonyl (C=O) groups excluding carboxylic acids is 1. The fourth-order valence-corrected chi connectivity index (χ4v) is 1.94. The quantitative estimate of drug-likeness (QED) is 0.763. The predicted octanol–water partition coefficient (Wildman–Crippen LogP) is 0.959. The van der Waals surface area contributed by atoms with Gasteiger partial charge in [0.15, 0.2) is 0 Å². The molecule has 0 bridgehead atoms. The average molecular weight is 283 g/mol. The van der Waals surface area contributed by atoms with Gasteiger partial charge in [0, 0.05) is 26.2 Å². The van der Waals surface area contributed by atoms with E-state index < -0.39 is 18.8 Å². The number of amides is 2. The second kappa shape index (κ2) is 7.54. The third-order valence-corrected chi connectivity index (χ3v) is 2.90. The van der Waals surface area contributed by atoms with Crippen molar-refractivity contribution >= 4 is 6.03 Å². The molecule has 2 N–H and O–H groups in total. The number of ether oxygens (including phenoxy) is 1. The lowest BCUT2D eigenvalue weighted by molar-refractivity contribution is -0.123. The number of hydrogen-bond acceptors (Lipinski definition) is 3. The first-order valence-electron chi connectivity index (χ1n) is 6.24. The van der Waals surface area contributed by atoms with Crippen LogP contribution in [0.2, 0.25) is 0 Å². The highest BCUT2D eigenvalue weighted by atomic mass is 19.4. The molecule has 0 aromatic carbocycles. The first-order chi connectivity index (χ1) is 8.92. The zero-order valence-electron chi connectivity index (χ0n) is 10.9. The summed E-state index contributed by atoms with van der Waals surface area (Å²) in [4.78, 5) is 13.1. The molecule has 0 spiro atoms. The molecule has 5 nitrogen and oxygen atoms in total. The highest BCUT2D eigenvalue weighted by molar-refractivity contribution is 5.74. The summed E-state index contributed by atoms with van der Waals surface area (Å²) in [6, 6.07) is -0.559. The Hall–Kier alpha value is -1.02. The minimum absolute atomic E-state index is 0.147. The maximum atomic E-state index is 12.1. The van der Waals surface area contributed by atoms with Crippen molar-refractivity contribution in [3.8, 4) is 0 Å². The number of nitrogens with zero attached hydrogens (tertiary/aromatic N) is 1. The SMILES string of the molecule is COCCN(CC1CCCN1)C(=O)NCC(F)(F)F. The van der Waals surface area contributed by atoms with E-state index in [0.29, 0.717) is 13.2 Å². The van der Waals surface area contributed by atoms with Crippen molar-refractivity contribution in [3.63, 3.8) is 0 Å². The molecule has 1 rings (SSSR count). The number of rotatable bonds is 6. The summed E-state index contributed by atoms with van der Waals surface area (Å²) in [5, 5.41) is 5.09. The number of methoxy groups -OCH3 is 1. The molecular weight excluding hydrogens is 263 g/mol. The number of hydrogen-bond donors (Lipinski definition) is 2. The highest BCUT2D eigenvalue weighted by Crippen LogP contribution is 2.13. The molecule has 8 heteroatoms. The largest absolute Gasteiger partial charge is 0.405 e. The second-order valence-electron chi connectivity index (χ2n) is 4.51. The Kier molecular flexibility index (Phi) is 6.36. The van der Waals surface area contributed by atoms with Crippen LogP contribution in [0.25, 0.3) is 0 Å². The predicted molar refractivity (Wildman–Crippen MR) is 63.9 cm³/mol. The van der Waals surface area contributed by atoms with Gasteiger partial charge in [-0.2, -0.15) is 13.2 Å².